The molecule has 2 aromatic carbocycles. The van der Waals surface area contributed by atoms with E-state index in [2.05, 4.69) is 28.2 Å². The van der Waals surface area contributed by atoms with Crippen LogP contribution < -0.4 is 10.1 Å². The van der Waals surface area contributed by atoms with E-state index < -0.39 is 0 Å². The largest absolute Gasteiger partial charge is 0.487 e. The molecule has 112 valence electrons. The fourth-order valence-corrected chi connectivity index (χ4v) is 2.52. The van der Waals surface area contributed by atoms with Crippen molar-refractivity contribution in [1.29, 1.82) is 0 Å². The van der Waals surface area contributed by atoms with Gasteiger partial charge in [-0.05, 0) is 57.9 Å². The van der Waals surface area contributed by atoms with Gasteiger partial charge in [0.2, 0.25) is 0 Å². The summed E-state index contributed by atoms with van der Waals surface area (Å²) in [5, 5.41) is 3.82. The molecule has 0 aromatic heterocycles. The first kappa shape index (κ1) is 16.3. The highest BCUT2D eigenvalue weighted by Crippen LogP contribution is 2.27. The van der Waals surface area contributed by atoms with E-state index in [4.69, 9.17) is 16.3 Å². The zero-order valence-corrected chi connectivity index (χ0v) is 14.0. The van der Waals surface area contributed by atoms with Crippen LogP contribution in [-0.2, 0) is 13.2 Å². The average molecular weight is 373 g/mol. The first-order valence-corrected chi connectivity index (χ1v) is 7.83. The van der Waals surface area contributed by atoms with Crippen molar-refractivity contribution in [1.82, 2.24) is 5.32 Å². The Morgan fingerprint density at radius 2 is 1.95 bits per heavy atom. The fourth-order valence-electron chi connectivity index (χ4n) is 1.83. The van der Waals surface area contributed by atoms with Gasteiger partial charge in [0, 0.05) is 6.54 Å². The van der Waals surface area contributed by atoms with Gasteiger partial charge >= 0.3 is 0 Å². The third-order valence-electron chi connectivity index (χ3n) is 2.95. The number of hydrogen-bond acceptors (Lipinski definition) is 2. The van der Waals surface area contributed by atoms with E-state index in [1.165, 1.54) is 6.07 Å². The SMILES string of the molecule is CCNCc1ccc(OCc2ccc(F)c(Br)c2)c(Cl)c1. The third kappa shape index (κ3) is 4.70. The third-order valence-corrected chi connectivity index (χ3v) is 3.86. The Balaban J connectivity index is 2.01. The predicted molar refractivity (Wildman–Crippen MR) is 87.3 cm³/mol. The van der Waals surface area contributed by atoms with Crippen LogP contribution in [0.3, 0.4) is 0 Å². The molecule has 0 spiro atoms. The summed E-state index contributed by atoms with van der Waals surface area (Å²) < 4.78 is 19.3. The van der Waals surface area contributed by atoms with Gasteiger partial charge in [-0.15, -0.1) is 0 Å². The molecule has 0 unspecified atom stereocenters. The molecule has 2 nitrogen and oxygen atoms in total. The van der Waals surface area contributed by atoms with Gasteiger partial charge in [0.15, 0.2) is 0 Å². The quantitative estimate of drug-likeness (QED) is 0.776. The minimum absolute atomic E-state index is 0.287. The minimum atomic E-state index is -0.287. The molecule has 0 aliphatic heterocycles. The number of ether oxygens (including phenoxy) is 1. The van der Waals surface area contributed by atoms with Crippen LogP contribution in [0.4, 0.5) is 4.39 Å². The fraction of sp³-hybridized carbons (Fsp3) is 0.250. The van der Waals surface area contributed by atoms with Gasteiger partial charge in [0.1, 0.15) is 18.2 Å². The van der Waals surface area contributed by atoms with Crippen molar-refractivity contribution in [3.8, 4) is 5.75 Å². The highest BCUT2D eigenvalue weighted by molar-refractivity contribution is 9.10. The van der Waals surface area contributed by atoms with Crippen LogP contribution in [0.25, 0.3) is 0 Å². The highest BCUT2D eigenvalue weighted by Gasteiger charge is 2.05. The minimum Gasteiger partial charge on any atom is -0.487 e. The van der Waals surface area contributed by atoms with Crippen molar-refractivity contribution in [3.05, 3.63) is 62.8 Å². The molecule has 0 saturated heterocycles. The van der Waals surface area contributed by atoms with Crippen molar-refractivity contribution >= 4 is 27.5 Å². The van der Waals surface area contributed by atoms with Gasteiger partial charge in [-0.2, -0.15) is 0 Å². The zero-order valence-electron chi connectivity index (χ0n) is 11.6. The lowest BCUT2D eigenvalue weighted by molar-refractivity contribution is 0.306. The highest BCUT2D eigenvalue weighted by atomic mass is 79.9. The molecule has 0 fully saturated rings. The standard InChI is InChI=1S/C16H16BrClFNO/c1-2-20-9-11-4-6-16(14(18)8-11)21-10-12-3-5-15(19)13(17)7-12/h3-8,20H,2,9-10H2,1H3. The van der Waals surface area contributed by atoms with E-state index >= 15 is 0 Å². The maximum atomic E-state index is 13.2. The van der Waals surface area contributed by atoms with E-state index in [0.29, 0.717) is 21.9 Å². The molecule has 0 saturated carbocycles. The molecule has 0 atom stereocenters. The molecule has 0 bridgehead atoms. The van der Waals surface area contributed by atoms with Crippen molar-refractivity contribution in [3.63, 3.8) is 0 Å². The summed E-state index contributed by atoms with van der Waals surface area (Å²) in [4.78, 5) is 0. The molecule has 2 rings (SSSR count). The Bertz CT molecular complexity index is 621. The molecule has 0 aliphatic carbocycles. The van der Waals surface area contributed by atoms with Crippen molar-refractivity contribution in [2.45, 2.75) is 20.1 Å². The van der Waals surface area contributed by atoms with Gasteiger partial charge in [-0.25, -0.2) is 4.39 Å². The number of halogens is 3. The van der Waals surface area contributed by atoms with E-state index in [9.17, 15) is 4.39 Å². The summed E-state index contributed by atoms with van der Waals surface area (Å²) in [7, 11) is 0. The molecular formula is C16H16BrClFNO. The Morgan fingerprint density at radius 3 is 2.62 bits per heavy atom. The second-order valence-corrected chi connectivity index (χ2v) is 5.84. The zero-order chi connectivity index (χ0) is 15.2. The smallest absolute Gasteiger partial charge is 0.138 e. The summed E-state index contributed by atoms with van der Waals surface area (Å²) in [6, 6.07) is 10.5. The molecule has 5 heteroatoms. The molecule has 21 heavy (non-hydrogen) atoms. The number of nitrogens with one attached hydrogen (secondary N) is 1. The number of hydrogen-bond donors (Lipinski definition) is 1. The topological polar surface area (TPSA) is 21.3 Å². The maximum absolute atomic E-state index is 13.2. The van der Waals surface area contributed by atoms with Gasteiger partial charge in [0.05, 0.1) is 9.50 Å². The van der Waals surface area contributed by atoms with Crippen LogP contribution in [0.2, 0.25) is 5.02 Å². The Kier molecular flexibility index (Phi) is 6.03. The van der Waals surface area contributed by atoms with Gasteiger partial charge < -0.3 is 10.1 Å². The first-order valence-electron chi connectivity index (χ1n) is 6.66. The van der Waals surface area contributed by atoms with Crippen molar-refractivity contribution < 1.29 is 9.13 Å². The summed E-state index contributed by atoms with van der Waals surface area (Å²) in [6.07, 6.45) is 0. The second kappa shape index (κ2) is 7.78. The monoisotopic (exact) mass is 371 g/mol. The Labute approximate surface area is 137 Å². The lowest BCUT2D eigenvalue weighted by Gasteiger charge is -2.10. The lowest BCUT2D eigenvalue weighted by Crippen LogP contribution is -2.11. The first-order chi connectivity index (χ1) is 10.1. The van der Waals surface area contributed by atoms with E-state index in [-0.39, 0.29) is 5.82 Å². The molecule has 0 aliphatic rings. The van der Waals surface area contributed by atoms with E-state index in [0.717, 1.165) is 24.2 Å². The summed E-state index contributed by atoms with van der Waals surface area (Å²) >= 11 is 9.37. The normalized spacial score (nSPS) is 10.7. The molecule has 0 radical (unpaired) electrons. The van der Waals surface area contributed by atoms with Gasteiger partial charge in [0.25, 0.3) is 0 Å². The van der Waals surface area contributed by atoms with E-state index in [1.54, 1.807) is 12.1 Å². The summed E-state index contributed by atoms with van der Waals surface area (Å²) in [6.45, 7) is 4.09. The van der Waals surface area contributed by atoms with Gasteiger partial charge in [-0.3, -0.25) is 0 Å². The van der Waals surface area contributed by atoms with Crippen LogP contribution in [0.15, 0.2) is 40.9 Å². The summed E-state index contributed by atoms with van der Waals surface area (Å²) in [5.74, 6) is 0.335. The molecule has 0 heterocycles. The maximum Gasteiger partial charge on any atom is 0.138 e. The van der Waals surface area contributed by atoms with Crippen LogP contribution in [0.1, 0.15) is 18.1 Å². The van der Waals surface area contributed by atoms with E-state index in [1.807, 2.05) is 18.2 Å². The van der Waals surface area contributed by atoms with Crippen molar-refractivity contribution in [2.24, 2.45) is 0 Å². The second-order valence-electron chi connectivity index (χ2n) is 4.58. The Hall–Kier alpha value is -1.10. The Morgan fingerprint density at radius 1 is 1.19 bits per heavy atom. The van der Waals surface area contributed by atoms with Crippen LogP contribution in [0.5, 0.6) is 5.75 Å². The van der Waals surface area contributed by atoms with Crippen molar-refractivity contribution in [2.75, 3.05) is 6.54 Å². The number of rotatable bonds is 6. The predicted octanol–water partition coefficient (Wildman–Crippen LogP) is 4.93. The lowest BCUT2D eigenvalue weighted by atomic mass is 10.2. The molecule has 1 N–H and O–H groups in total. The number of benzene rings is 2. The molecule has 2 aromatic rings. The molecule has 0 amide bonds. The van der Waals surface area contributed by atoms with Crippen LogP contribution >= 0.6 is 27.5 Å². The summed E-state index contributed by atoms with van der Waals surface area (Å²) in [5.41, 5.74) is 1.98. The average Bonchev–Trinajstić information content (AvgIpc) is 2.47. The van der Waals surface area contributed by atoms with Crippen LogP contribution in [-0.4, -0.2) is 6.54 Å². The molecular weight excluding hydrogens is 357 g/mol. The van der Waals surface area contributed by atoms with Gasteiger partial charge in [-0.1, -0.05) is 30.7 Å². The van der Waals surface area contributed by atoms with Crippen LogP contribution in [0, 0.1) is 5.82 Å².